The highest BCUT2D eigenvalue weighted by Gasteiger charge is 2.09. The van der Waals surface area contributed by atoms with Gasteiger partial charge >= 0.3 is 12.0 Å². The van der Waals surface area contributed by atoms with Crippen molar-refractivity contribution in [2.45, 2.75) is 25.3 Å². The van der Waals surface area contributed by atoms with E-state index in [0.717, 1.165) is 0 Å². The summed E-state index contributed by atoms with van der Waals surface area (Å²) in [5.74, 6) is -0.997. The Kier molecular flexibility index (Phi) is 9.48. The predicted molar refractivity (Wildman–Crippen MR) is 54.3 cm³/mol. The monoisotopic (exact) mass is 225 g/mol. The highest BCUT2D eigenvalue weighted by Crippen LogP contribution is 1.97. The molecule has 1 atom stereocenters. The molecule has 0 saturated heterocycles. The highest BCUT2D eigenvalue weighted by atomic mass is 35.5. The first kappa shape index (κ1) is 15.5. The van der Waals surface area contributed by atoms with Gasteiger partial charge in [0, 0.05) is 6.54 Å². The molecule has 0 aromatic heterocycles. The van der Waals surface area contributed by atoms with E-state index < -0.39 is 18.0 Å². The topological polar surface area (TPSA) is 118 Å². The first-order chi connectivity index (χ1) is 6.04. The van der Waals surface area contributed by atoms with Crippen LogP contribution in [0.15, 0.2) is 0 Å². The molecule has 0 heterocycles. The Bertz CT molecular complexity index is 189. The molecule has 0 aliphatic heterocycles. The zero-order valence-electron chi connectivity index (χ0n) is 7.73. The summed E-state index contributed by atoms with van der Waals surface area (Å²) in [6, 6.07) is -1.38. The van der Waals surface area contributed by atoms with Gasteiger partial charge in [-0.1, -0.05) is 0 Å². The number of hydrogen-bond donors (Lipinski definition) is 4. The van der Waals surface area contributed by atoms with E-state index in [4.69, 9.17) is 16.6 Å². The van der Waals surface area contributed by atoms with Crippen molar-refractivity contribution in [3.8, 4) is 0 Å². The number of carbonyl (C=O) groups excluding carboxylic acids is 1. The fourth-order valence-electron chi connectivity index (χ4n) is 0.824. The minimum absolute atomic E-state index is 0. The Morgan fingerprint density at radius 1 is 1.36 bits per heavy atom. The molecule has 0 rings (SSSR count). The molecule has 0 spiro atoms. The van der Waals surface area contributed by atoms with E-state index >= 15 is 0 Å². The first-order valence-corrected chi connectivity index (χ1v) is 4.05. The van der Waals surface area contributed by atoms with E-state index in [1.165, 1.54) is 0 Å². The molecule has 0 aromatic carbocycles. The highest BCUT2D eigenvalue weighted by molar-refractivity contribution is 5.85. The summed E-state index contributed by atoms with van der Waals surface area (Å²) in [4.78, 5) is 20.5. The van der Waals surface area contributed by atoms with Crippen LogP contribution in [0.25, 0.3) is 0 Å². The molecule has 6 N–H and O–H groups in total. The summed E-state index contributed by atoms with van der Waals surface area (Å²) in [6.45, 7) is 0.460. The zero-order valence-corrected chi connectivity index (χ0v) is 8.55. The third-order valence-corrected chi connectivity index (χ3v) is 1.56. The number of primary amides is 1. The number of carboxylic acids is 1. The van der Waals surface area contributed by atoms with E-state index in [1.54, 1.807) is 0 Å². The molecule has 0 aromatic rings. The van der Waals surface area contributed by atoms with Gasteiger partial charge in [0.15, 0.2) is 0 Å². The smallest absolute Gasteiger partial charge is 0.320 e. The lowest BCUT2D eigenvalue weighted by atomic mass is 10.1. The quantitative estimate of drug-likeness (QED) is 0.463. The summed E-state index contributed by atoms with van der Waals surface area (Å²) >= 11 is 0. The molecule has 84 valence electrons. The van der Waals surface area contributed by atoms with Gasteiger partial charge in [-0.25, -0.2) is 4.79 Å². The van der Waals surface area contributed by atoms with Gasteiger partial charge in [-0.05, 0) is 19.3 Å². The largest absolute Gasteiger partial charge is 0.480 e. The maximum atomic E-state index is 10.3. The fraction of sp³-hybridized carbons (Fsp3) is 0.714. The molecule has 2 amide bonds. The van der Waals surface area contributed by atoms with Gasteiger partial charge in [0.25, 0.3) is 0 Å². The molecule has 0 fully saturated rings. The van der Waals surface area contributed by atoms with Crippen LogP contribution in [0.3, 0.4) is 0 Å². The van der Waals surface area contributed by atoms with Gasteiger partial charge in [0.2, 0.25) is 0 Å². The van der Waals surface area contributed by atoms with Crippen LogP contribution in [0.5, 0.6) is 0 Å². The van der Waals surface area contributed by atoms with Gasteiger partial charge in [-0.3, -0.25) is 4.79 Å². The Morgan fingerprint density at radius 2 is 1.93 bits per heavy atom. The van der Waals surface area contributed by atoms with E-state index in [1.807, 2.05) is 0 Å². The number of carbonyl (C=O) groups is 2. The number of nitrogens with one attached hydrogen (secondary N) is 1. The van der Waals surface area contributed by atoms with Crippen molar-refractivity contribution in [1.82, 2.24) is 5.32 Å². The normalized spacial score (nSPS) is 11.2. The average Bonchev–Trinajstić information content (AvgIpc) is 2.02. The molecule has 7 heteroatoms. The molecule has 0 aliphatic rings. The second-order valence-corrected chi connectivity index (χ2v) is 2.73. The summed E-state index contributed by atoms with van der Waals surface area (Å²) in [5.41, 5.74) is 10.1. The molecule has 0 saturated carbocycles. The maximum absolute atomic E-state index is 10.3. The second kappa shape index (κ2) is 8.58. The van der Waals surface area contributed by atoms with Gasteiger partial charge in [-0.15, -0.1) is 12.4 Å². The van der Waals surface area contributed by atoms with Gasteiger partial charge < -0.3 is 21.9 Å². The number of halogens is 1. The number of aliphatic carboxylic acids is 1. The van der Waals surface area contributed by atoms with E-state index in [9.17, 15) is 9.59 Å². The van der Waals surface area contributed by atoms with Crippen molar-refractivity contribution in [3.05, 3.63) is 0 Å². The summed E-state index contributed by atoms with van der Waals surface area (Å²) < 4.78 is 0. The van der Waals surface area contributed by atoms with E-state index in [0.29, 0.717) is 25.8 Å². The average molecular weight is 226 g/mol. The Labute approximate surface area is 88.4 Å². The van der Waals surface area contributed by atoms with Gasteiger partial charge in [0.05, 0.1) is 0 Å². The van der Waals surface area contributed by atoms with Gasteiger partial charge in [-0.2, -0.15) is 0 Å². The lowest BCUT2D eigenvalue weighted by Gasteiger charge is -2.05. The Morgan fingerprint density at radius 3 is 2.36 bits per heavy atom. The van der Waals surface area contributed by atoms with Crippen LogP contribution in [0.4, 0.5) is 4.79 Å². The van der Waals surface area contributed by atoms with Crippen molar-refractivity contribution in [3.63, 3.8) is 0 Å². The third-order valence-electron chi connectivity index (χ3n) is 1.56. The predicted octanol–water partition coefficient (Wildman–Crippen LogP) is -0.341. The van der Waals surface area contributed by atoms with Crippen LogP contribution in [-0.4, -0.2) is 29.7 Å². The number of urea groups is 1. The number of nitrogens with two attached hydrogens (primary N) is 2. The van der Waals surface area contributed by atoms with Crippen LogP contribution in [0.2, 0.25) is 0 Å². The second-order valence-electron chi connectivity index (χ2n) is 2.73. The lowest BCUT2D eigenvalue weighted by molar-refractivity contribution is -0.138. The van der Waals surface area contributed by atoms with E-state index in [-0.39, 0.29) is 12.4 Å². The van der Waals surface area contributed by atoms with Crippen molar-refractivity contribution in [1.29, 1.82) is 0 Å². The number of amides is 2. The minimum Gasteiger partial charge on any atom is -0.480 e. The first-order valence-electron chi connectivity index (χ1n) is 4.05. The number of carboxylic acid groups (broad SMARTS) is 1. The lowest BCUT2D eigenvalue weighted by Crippen LogP contribution is -2.31. The number of rotatable bonds is 6. The van der Waals surface area contributed by atoms with Crippen molar-refractivity contribution in [2.75, 3.05) is 6.54 Å². The van der Waals surface area contributed by atoms with Gasteiger partial charge in [0.1, 0.15) is 6.04 Å². The SMILES string of the molecule is Cl.NC(=O)NCCCC[C@H](N)C(=O)O. The third kappa shape index (κ3) is 9.08. The minimum atomic E-state index is -0.997. The van der Waals surface area contributed by atoms with Crippen LogP contribution in [0.1, 0.15) is 19.3 Å². The molecule has 0 unspecified atom stereocenters. The summed E-state index contributed by atoms with van der Waals surface area (Å²) in [7, 11) is 0. The molecular formula is C7H16ClN3O3. The molecule has 0 bridgehead atoms. The summed E-state index contributed by atoms with van der Waals surface area (Å²) in [5, 5.41) is 10.8. The molecule has 0 aliphatic carbocycles. The molecule has 0 radical (unpaired) electrons. The maximum Gasteiger partial charge on any atom is 0.320 e. The van der Waals surface area contributed by atoms with Crippen LogP contribution < -0.4 is 16.8 Å². The summed E-state index contributed by atoms with van der Waals surface area (Å²) in [6.07, 6.45) is 1.76. The standard InChI is InChI=1S/C7H15N3O3.ClH/c8-5(6(11)12)3-1-2-4-10-7(9)13;/h5H,1-4,8H2,(H,11,12)(H3,9,10,13);1H/t5-;/m0./s1. The number of unbranched alkanes of at least 4 members (excludes halogenated alkanes) is 1. The zero-order chi connectivity index (χ0) is 10.3. The van der Waals surface area contributed by atoms with Crippen LogP contribution in [-0.2, 0) is 4.79 Å². The van der Waals surface area contributed by atoms with E-state index in [2.05, 4.69) is 5.32 Å². The Hall–Kier alpha value is -1.01. The molecule has 14 heavy (non-hydrogen) atoms. The van der Waals surface area contributed by atoms with Crippen molar-refractivity contribution >= 4 is 24.4 Å². The van der Waals surface area contributed by atoms with Crippen LogP contribution in [0, 0.1) is 0 Å². The van der Waals surface area contributed by atoms with Crippen molar-refractivity contribution < 1.29 is 14.7 Å². The molecular weight excluding hydrogens is 210 g/mol. The van der Waals surface area contributed by atoms with Crippen molar-refractivity contribution in [2.24, 2.45) is 11.5 Å². The number of hydrogen-bond acceptors (Lipinski definition) is 3. The Balaban J connectivity index is 0. The van der Waals surface area contributed by atoms with Crippen LogP contribution >= 0.6 is 12.4 Å². The fourth-order valence-corrected chi connectivity index (χ4v) is 0.824. The molecule has 6 nitrogen and oxygen atoms in total.